The molecule has 0 saturated heterocycles. The van der Waals surface area contributed by atoms with Gasteiger partial charge < -0.3 is 16.6 Å². The molecule has 2 unspecified atom stereocenters. The molecular weight excluding hydrogens is 260 g/mol. The van der Waals surface area contributed by atoms with Gasteiger partial charge >= 0.3 is 0 Å². The Hall–Kier alpha value is -0.120. The van der Waals surface area contributed by atoms with Crippen molar-refractivity contribution in [3.05, 3.63) is 0 Å². The fourth-order valence-electron chi connectivity index (χ4n) is 2.80. The van der Waals surface area contributed by atoms with Gasteiger partial charge in [0.05, 0.1) is 0 Å². The molecule has 0 aromatic carbocycles. The maximum Gasteiger partial charge on any atom is 0.102 e. The third kappa shape index (κ3) is 17.8. The van der Waals surface area contributed by atoms with Crippen LogP contribution >= 0.6 is 0 Å². The van der Waals surface area contributed by atoms with Crippen LogP contribution in [0.2, 0.25) is 0 Å². The minimum atomic E-state index is -0.620. The van der Waals surface area contributed by atoms with Crippen LogP contribution < -0.4 is 11.5 Å². The highest BCUT2D eigenvalue weighted by Gasteiger charge is 2.02. The maximum absolute atomic E-state index is 8.95. The van der Waals surface area contributed by atoms with Gasteiger partial charge in [0.15, 0.2) is 0 Å². The van der Waals surface area contributed by atoms with Crippen LogP contribution in [0.3, 0.4) is 0 Å². The van der Waals surface area contributed by atoms with Gasteiger partial charge in [0.25, 0.3) is 0 Å². The molecule has 5 N–H and O–H groups in total. The lowest BCUT2D eigenvalue weighted by molar-refractivity contribution is 0.168. The lowest BCUT2D eigenvalue weighted by atomic mass is 10.0. The van der Waals surface area contributed by atoms with Gasteiger partial charge in [0.2, 0.25) is 0 Å². The smallest absolute Gasteiger partial charge is 0.102 e. The third-order valence-corrected chi connectivity index (χ3v) is 4.25. The molecule has 0 aliphatic carbocycles. The molecular formula is C18H40N2O. The summed E-state index contributed by atoms with van der Waals surface area (Å²) >= 11 is 0. The Kier molecular flexibility index (Phi) is 16.2. The summed E-state index contributed by atoms with van der Waals surface area (Å²) < 4.78 is 0. The van der Waals surface area contributed by atoms with E-state index in [1.165, 1.54) is 83.5 Å². The molecule has 0 heterocycles. The first-order chi connectivity index (χ1) is 10.2. The van der Waals surface area contributed by atoms with Gasteiger partial charge in [-0.05, 0) is 25.7 Å². The standard InChI is InChI=1S/C18H40N2O/c1-2-3-4-5-8-11-14-17(19)15-12-9-6-7-10-13-16-18(20)21/h17-18,21H,2-16,19-20H2,1H3. The third-order valence-electron chi connectivity index (χ3n) is 4.25. The summed E-state index contributed by atoms with van der Waals surface area (Å²) in [6.07, 6.45) is 18.1. The average Bonchev–Trinajstić information content (AvgIpc) is 2.45. The molecule has 0 aliphatic rings. The van der Waals surface area contributed by atoms with Gasteiger partial charge in [-0.25, -0.2) is 0 Å². The van der Waals surface area contributed by atoms with Crippen LogP contribution in [0.1, 0.15) is 103 Å². The molecule has 2 atom stereocenters. The Labute approximate surface area is 132 Å². The summed E-state index contributed by atoms with van der Waals surface area (Å²) in [4.78, 5) is 0. The molecule has 0 rings (SSSR count). The lowest BCUT2D eigenvalue weighted by Crippen LogP contribution is -2.19. The van der Waals surface area contributed by atoms with Crippen LogP contribution in [0.5, 0.6) is 0 Å². The molecule has 21 heavy (non-hydrogen) atoms. The topological polar surface area (TPSA) is 72.3 Å². The molecule has 0 bridgehead atoms. The van der Waals surface area contributed by atoms with E-state index < -0.39 is 6.23 Å². The molecule has 0 fully saturated rings. The van der Waals surface area contributed by atoms with E-state index in [2.05, 4.69) is 6.92 Å². The predicted octanol–water partition coefficient (Wildman–Crippen LogP) is 4.46. The summed E-state index contributed by atoms with van der Waals surface area (Å²) in [6, 6.07) is 0.420. The van der Waals surface area contributed by atoms with E-state index in [-0.39, 0.29) is 0 Å². The minimum Gasteiger partial charge on any atom is -0.379 e. The van der Waals surface area contributed by atoms with Crippen LogP contribution in [0.15, 0.2) is 0 Å². The molecule has 0 aliphatic heterocycles. The molecule has 3 heteroatoms. The maximum atomic E-state index is 8.95. The molecule has 128 valence electrons. The highest BCUT2D eigenvalue weighted by atomic mass is 16.3. The van der Waals surface area contributed by atoms with Gasteiger partial charge in [0, 0.05) is 6.04 Å². The molecule has 0 aromatic rings. The van der Waals surface area contributed by atoms with Crippen LogP contribution in [0, 0.1) is 0 Å². The SMILES string of the molecule is CCCCCCCCC(N)CCCCCCCCC(N)O. The van der Waals surface area contributed by atoms with Crippen LogP contribution in [0.25, 0.3) is 0 Å². The summed E-state index contributed by atoms with van der Waals surface area (Å²) in [5.41, 5.74) is 11.5. The predicted molar refractivity (Wildman–Crippen MR) is 93.1 cm³/mol. The number of aliphatic hydroxyl groups excluding tert-OH is 1. The van der Waals surface area contributed by atoms with Crippen LogP contribution in [-0.4, -0.2) is 17.4 Å². The first kappa shape index (κ1) is 20.9. The van der Waals surface area contributed by atoms with E-state index in [1.807, 2.05) is 0 Å². The summed E-state index contributed by atoms with van der Waals surface area (Å²) in [5, 5.41) is 8.95. The van der Waals surface area contributed by atoms with Crippen LogP contribution in [-0.2, 0) is 0 Å². The summed E-state index contributed by atoms with van der Waals surface area (Å²) in [7, 11) is 0. The van der Waals surface area contributed by atoms with E-state index in [0.29, 0.717) is 6.04 Å². The number of rotatable bonds is 16. The number of nitrogens with two attached hydrogens (primary N) is 2. The van der Waals surface area contributed by atoms with Crippen molar-refractivity contribution in [3.8, 4) is 0 Å². The van der Waals surface area contributed by atoms with E-state index in [1.54, 1.807) is 0 Å². The van der Waals surface area contributed by atoms with E-state index >= 15 is 0 Å². The highest BCUT2D eigenvalue weighted by molar-refractivity contribution is 4.62. The fourth-order valence-corrected chi connectivity index (χ4v) is 2.80. The molecule has 0 aromatic heterocycles. The Morgan fingerprint density at radius 2 is 1.00 bits per heavy atom. The van der Waals surface area contributed by atoms with Crippen molar-refractivity contribution >= 4 is 0 Å². The summed E-state index contributed by atoms with van der Waals surface area (Å²) in [5.74, 6) is 0. The highest BCUT2D eigenvalue weighted by Crippen LogP contribution is 2.13. The number of unbranched alkanes of at least 4 members (excludes halogenated alkanes) is 10. The monoisotopic (exact) mass is 300 g/mol. The first-order valence-electron chi connectivity index (χ1n) is 9.36. The van der Waals surface area contributed by atoms with E-state index in [9.17, 15) is 0 Å². The van der Waals surface area contributed by atoms with Gasteiger partial charge in [-0.15, -0.1) is 0 Å². The van der Waals surface area contributed by atoms with Gasteiger partial charge in [-0.2, -0.15) is 0 Å². The van der Waals surface area contributed by atoms with Gasteiger partial charge in [-0.1, -0.05) is 77.6 Å². The molecule has 0 saturated carbocycles. The van der Waals surface area contributed by atoms with E-state index in [4.69, 9.17) is 16.6 Å². The van der Waals surface area contributed by atoms with Crippen molar-refractivity contribution in [3.63, 3.8) is 0 Å². The number of hydrogen-bond acceptors (Lipinski definition) is 3. The van der Waals surface area contributed by atoms with Crippen molar-refractivity contribution in [2.45, 2.75) is 116 Å². The Balaban J connectivity index is 3.14. The molecule has 0 radical (unpaired) electrons. The summed E-state index contributed by atoms with van der Waals surface area (Å²) in [6.45, 7) is 2.26. The van der Waals surface area contributed by atoms with Crippen molar-refractivity contribution in [2.75, 3.05) is 0 Å². The van der Waals surface area contributed by atoms with E-state index in [0.717, 1.165) is 12.8 Å². The zero-order valence-electron chi connectivity index (χ0n) is 14.4. The quantitative estimate of drug-likeness (QED) is 0.291. The van der Waals surface area contributed by atoms with Crippen molar-refractivity contribution in [1.29, 1.82) is 0 Å². The Bertz CT molecular complexity index is 198. The second-order valence-electron chi connectivity index (χ2n) is 6.58. The van der Waals surface area contributed by atoms with Crippen LogP contribution in [0.4, 0.5) is 0 Å². The van der Waals surface area contributed by atoms with Gasteiger partial charge in [0.1, 0.15) is 6.23 Å². The average molecular weight is 301 g/mol. The zero-order chi connectivity index (χ0) is 15.8. The molecule has 0 amide bonds. The number of aliphatic hydroxyl groups is 1. The number of hydrogen-bond donors (Lipinski definition) is 3. The van der Waals surface area contributed by atoms with Crippen molar-refractivity contribution in [1.82, 2.24) is 0 Å². The molecule has 0 spiro atoms. The second-order valence-corrected chi connectivity index (χ2v) is 6.58. The molecule has 3 nitrogen and oxygen atoms in total. The van der Waals surface area contributed by atoms with Crippen molar-refractivity contribution < 1.29 is 5.11 Å². The fraction of sp³-hybridized carbons (Fsp3) is 1.00. The van der Waals surface area contributed by atoms with Gasteiger partial charge in [-0.3, -0.25) is 0 Å². The largest absolute Gasteiger partial charge is 0.379 e. The Morgan fingerprint density at radius 1 is 0.619 bits per heavy atom. The first-order valence-corrected chi connectivity index (χ1v) is 9.36. The van der Waals surface area contributed by atoms with Crippen molar-refractivity contribution in [2.24, 2.45) is 11.5 Å². The normalized spacial score (nSPS) is 14.3. The zero-order valence-corrected chi connectivity index (χ0v) is 14.4. The lowest BCUT2D eigenvalue weighted by Gasteiger charge is -2.11. The Morgan fingerprint density at radius 3 is 1.43 bits per heavy atom. The minimum absolute atomic E-state index is 0.420. The second kappa shape index (κ2) is 16.3.